The van der Waals surface area contributed by atoms with Crippen LogP contribution in [0.3, 0.4) is 0 Å². The summed E-state index contributed by atoms with van der Waals surface area (Å²) < 4.78 is 15.9. The topological polar surface area (TPSA) is 77.1 Å². The number of rotatable bonds is 6. The number of nitrogens with one attached hydrogen (secondary N) is 1. The van der Waals surface area contributed by atoms with E-state index in [9.17, 15) is 9.59 Å². The second kappa shape index (κ2) is 7.85. The monoisotopic (exact) mass is 364 g/mol. The highest BCUT2D eigenvalue weighted by atomic mass is 16.5. The fraction of sp³-hybridized carbons (Fsp3) is 0.579. The highest BCUT2D eigenvalue weighted by Crippen LogP contribution is 2.39. The van der Waals surface area contributed by atoms with Gasteiger partial charge in [-0.1, -0.05) is 20.8 Å². The number of hydrogen-bond acceptors (Lipinski definition) is 5. The molecule has 1 fully saturated rings. The van der Waals surface area contributed by atoms with Gasteiger partial charge in [-0.15, -0.1) is 0 Å². The average Bonchev–Trinajstić information content (AvgIpc) is 2.90. The van der Waals surface area contributed by atoms with Gasteiger partial charge in [0, 0.05) is 19.5 Å². The van der Waals surface area contributed by atoms with Gasteiger partial charge in [0.25, 0.3) is 5.91 Å². The molecule has 7 heteroatoms. The summed E-state index contributed by atoms with van der Waals surface area (Å²) in [5.41, 5.74) is 0.355. The molecule has 7 nitrogen and oxygen atoms in total. The van der Waals surface area contributed by atoms with Gasteiger partial charge < -0.3 is 24.4 Å². The van der Waals surface area contributed by atoms with Crippen molar-refractivity contribution < 1.29 is 23.8 Å². The van der Waals surface area contributed by atoms with Gasteiger partial charge in [0.1, 0.15) is 0 Å². The molecule has 0 saturated carbocycles. The summed E-state index contributed by atoms with van der Waals surface area (Å²) in [5.74, 6) is 0.899. The zero-order chi connectivity index (χ0) is 19.5. The van der Waals surface area contributed by atoms with Crippen LogP contribution < -0.4 is 19.5 Å². The maximum atomic E-state index is 12.7. The van der Waals surface area contributed by atoms with E-state index in [-0.39, 0.29) is 23.3 Å². The first-order chi connectivity index (χ1) is 12.2. The Kier molecular flexibility index (Phi) is 6.00. The van der Waals surface area contributed by atoms with E-state index >= 15 is 0 Å². The largest absolute Gasteiger partial charge is 0.493 e. The van der Waals surface area contributed by atoms with Crippen LogP contribution in [0, 0.1) is 5.41 Å². The van der Waals surface area contributed by atoms with Crippen molar-refractivity contribution in [1.82, 2.24) is 10.2 Å². The first-order valence-corrected chi connectivity index (χ1v) is 8.57. The van der Waals surface area contributed by atoms with Crippen LogP contribution >= 0.6 is 0 Å². The molecule has 1 aromatic rings. The van der Waals surface area contributed by atoms with E-state index in [2.05, 4.69) is 26.1 Å². The normalized spacial score (nSPS) is 17.2. The third-order valence-electron chi connectivity index (χ3n) is 4.16. The molecule has 0 radical (unpaired) electrons. The summed E-state index contributed by atoms with van der Waals surface area (Å²) >= 11 is 0. The number of likely N-dealkylation sites (tertiary alicyclic amines) is 1. The summed E-state index contributed by atoms with van der Waals surface area (Å²) in [4.78, 5) is 26.7. The number of nitrogens with zero attached hydrogens (tertiary/aromatic N) is 1. The molecule has 2 rings (SSSR count). The smallest absolute Gasteiger partial charge is 0.255 e. The fourth-order valence-electron chi connectivity index (χ4n) is 3.14. The highest BCUT2D eigenvalue weighted by molar-refractivity contribution is 5.99. The quantitative estimate of drug-likeness (QED) is 0.836. The maximum Gasteiger partial charge on any atom is 0.255 e. The van der Waals surface area contributed by atoms with Crippen molar-refractivity contribution in [2.45, 2.75) is 33.2 Å². The molecule has 2 amide bonds. The molecule has 1 aliphatic rings. The lowest BCUT2D eigenvalue weighted by Gasteiger charge is -2.26. The van der Waals surface area contributed by atoms with E-state index in [0.717, 1.165) is 0 Å². The van der Waals surface area contributed by atoms with Gasteiger partial charge in [0.2, 0.25) is 11.7 Å². The lowest BCUT2D eigenvalue weighted by Crippen LogP contribution is -2.39. The maximum absolute atomic E-state index is 12.7. The van der Waals surface area contributed by atoms with E-state index in [1.54, 1.807) is 17.0 Å². The number of methoxy groups -OCH3 is 3. The molecule has 144 valence electrons. The van der Waals surface area contributed by atoms with E-state index in [1.807, 2.05) is 0 Å². The van der Waals surface area contributed by atoms with E-state index in [4.69, 9.17) is 14.2 Å². The van der Waals surface area contributed by atoms with Gasteiger partial charge in [-0.2, -0.15) is 0 Å². The molecule has 26 heavy (non-hydrogen) atoms. The van der Waals surface area contributed by atoms with Crippen LogP contribution in [-0.2, 0) is 4.79 Å². The van der Waals surface area contributed by atoms with Crippen molar-refractivity contribution in [1.29, 1.82) is 0 Å². The number of benzene rings is 1. The molecule has 1 N–H and O–H groups in total. The third-order valence-corrected chi connectivity index (χ3v) is 4.16. The molecule has 1 atom stereocenters. The Balaban J connectivity index is 2.15. The molecule has 0 aromatic heterocycles. The number of carbonyl (C=O) groups is 2. The minimum Gasteiger partial charge on any atom is -0.493 e. The minimum atomic E-state index is -0.307. The molecule has 0 spiro atoms. The third kappa shape index (κ3) is 4.39. The van der Waals surface area contributed by atoms with Crippen LogP contribution in [0.25, 0.3) is 0 Å². The standard InChI is InChI=1S/C19H28N2O5/c1-19(2,3)11-21-10-12(9-15(21)22)20-18(23)13-7-8-14(24-4)17(26-6)16(13)25-5/h7-8,12H,9-11H2,1-6H3,(H,20,23)/t12-/m1/s1. The molecule has 0 unspecified atom stereocenters. The highest BCUT2D eigenvalue weighted by Gasteiger charge is 2.33. The van der Waals surface area contributed by atoms with Crippen molar-refractivity contribution in [3.05, 3.63) is 17.7 Å². The molecule has 1 saturated heterocycles. The van der Waals surface area contributed by atoms with Crippen LogP contribution in [0.5, 0.6) is 17.2 Å². The number of hydrogen-bond donors (Lipinski definition) is 1. The van der Waals surface area contributed by atoms with Crippen molar-refractivity contribution in [3.8, 4) is 17.2 Å². The minimum absolute atomic E-state index is 0.0150. The summed E-state index contributed by atoms with van der Waals surface area (Å²) in [6.07, 6.45) is 0.303. The van der Waals surface area contributed by atoms with Crippen molar-refractivity contribution in [2.24, 2.45) is 5.41 Å². The van der Waals surface area contributed by atoms with Gasteiger partial charge in [-0.3, -0.25) is 9.59 Å². The van der Waals surface area contributed by atoms with Crippen LogP contribution in [0.4, 0.5) is 0 Å². The second-order valence-corrected chi connectivity index (χ2v) is 7.59. The molecule has 1 heterocycles. The van der Waals surface area contributed by atoms with Crippen LogP contribution in [0.1, 0.15) is 37.6 Å². The first-order valence-electron chi connectivity index (χ1n) is 8.57. The molecule has 0 aliphatic carbocycles. The Hall–Kier alpha value is -2.44. The van der Waals surface area contributed by atoms with Gasteiger partial charge in [-0.05, 0) is 17.5 Å². The van der Waals surface area contributed by atoms with Crippen LogP contribution in [0.15, 0.2) is 12.1 Å². The Bertz CT molecular complexity index is 681. The van der Waals surface area contributed by atoms with Crippen molar-refractivity contribution >= 4 is 11.8 Å². The van der Waals surface area contributed by atoms with E-state index < -0.39 is 0 Å². The predicted octanol–water partition coefficient (Wildman–Crippen LogP) is 2.09. The van der Waals surface area contributed by atoms with Crippen LogP contribution in [-0.4, -0.2) is 57.2 Å². The van der Waals surface area contributed by atoms with Crippen molar-refractivity contribution in [2.75, 3.05) is 34.4 Å². The summed E-state index contributed by atoms with van der Waals surface area (Å²) in [7, 11) is 4.48. The first kappa shape index (κ1) is 19.9. The van der Waals surface area contributed by atoms with Crippen LogP contribution in [0.2, 0.25) is 0 Å². The Morgan fingerprint density at radius 3 is 2.35 bits per heavy atom. The van der Waals surface area contributed by atoms with Crippen molar-refractivity contribution in [3.63, 3.8) is 0 Å². The Labute approximate surface area is 154 Å². The fourth-order valence-corrected chi connectivity index (χ4v) is 3.14. The van der Waals surface area contributed by atoms with E-state index in [0.29, 0.717) is 42.3 Å². The van der Waals surface area contributed by atoms with Gasteiger partial charge in [0.05, 0.1) is 32.9 Å². The SMILES string of the molecule is COc1ccc(C(=O)N[C@@H]2CC(=O)N(CC(C)(C)C)C2)c(OC)c1OC. The Morgan fingerprint density at radius 2 is 1.81 bits per heavy atom. The predicted molar refractivity (Wildman–Crippen MR) is 98.0 cm³/mol. The second-order valence-electron chi connectivity index (χ2n) is 7.59. The summed E-state index contributed by atoms with van der Waals surface area (Å²) in [6, 6.07) is 3.05. The summed E-state index contributed by atoms with van der Waals surface area (Å²) in [6.45, 7) is 7.43. The van der Waals surface area contributed by atoms with Gasteiger partial charge in [0.15, 0.2) is 11.5 Å². The number of amides is 2. The molecule has 1 aromatic carbocycles. The molecular formula is C19H28N2O5. The summed E-state index contributed by atoms with van der Waals surface area (Å²) in [5, 5.41) is 2.93. The average molecular weight is 364 g/mol. The van der Waals surface area contributed by atoms with E-state index in [1.165, 1.54) is 21.3 Å². The van der Waals surface area contributed by atoms with Gasteiger partial charge in [-0.25, -0.2) is 0 Å². The Morgan fingerprint density at radius 1 is 1.15 bits per heavy atom. The molecular weight excluding hydrogens is 336 g/mol. The molecule has 0 bridgehead atoms. The lowest BCUT2D eigenvalue weighted by molar-refractivity contribution is -0.128. The lowest BCUT2D eigenvalue weighted by atomic mass is 9.96. The molecule has 1 aliphatic heterocycles. The van der Waals surface area contributed by atoms with Gasteiger partial charge >= 0.3 is 0 Å². The zero-order valence-electron chi connectivity index (χ0n) is 16.3. The number of carbonyl (C=O) groups excluding carboxylic acids is 2. The zero-order valence-corrected chi connectivity index (χ0v) is 16.3. The number of ether oxygens (including phenoxy) is 3.